The molecule has 0 aliphatic rings. The molecule has 0 bridgehead atoms. The van der Waals surface area contributed by atoms with Crippen molar-refractivity contribution in [2.45, 2.75) is 19.6 Å². The molecule has 0 saturated carbocycles. The Hall–Kier alpha value is -4.02. The van der Waals surface area contributed by atoms with Crippen molar-refractivity contribution in [3.05, 3.63) is 71.8 Å². The number of amides is 2. The van der Waals surface area contributed by atoms with Gasteiger partial charge in [0.05, 0.1) is 0 Å². The summed E-state index contributed by atoms with van der Waals surface area (Å²) < 4.78 is 56.9. The summed E-state index contributed by atoms with van der Waals surface area (Å²) in [6.45, 7) is -0.336. The molecule has 0 unspecified atom stereocenters. The summed E-state index contributed by atoms with van der Waals surface area (Å²) in [5.74, 6) is -1.69. The monoisotopic (exact) mass is 462 g/mol. The van der Waals surface area contributed by atoms with Crippen LogP contribution in [0.1, 0.15) is 22.8 Å². The van der Waals surface area contributed by atoms with Crippen LogP contribution in [0.15, 0.2) is 54.9 Å². The van der Waals surface area contributed by atoms with E-state index in [9.17, 15) is 27.2 Å². The van der Waals surface area contributed by atoms with E-state index in [4.69, 9.17) is 4.74 Å². The van der Waals surface area contributed by atoms with Crippen molar-refractivity contribution in [3.63, 3.8) is 0 Å². The molecule has 0 atom stereocenters. The Balaban J connectivity index is 1.81. The Morgan fingerprint density at radius 2 is 1.82 bits per heavy atom. The SMILES string of the molecule is CC(=O)Nc1cc(C(=O)NCc2cnc(OCC(F)(F)F)c(-c3ccccc3F)c2)ccn1. The first-order valence-corrected chi connectivity index (χ1v) is 9.57. The molecule has 0 spiro atoms. The zero-order valence-corrected chi connectivity index (χ0v) is 17.2. The predicted molar refractivity (Wildman–Crippen MR) is 111 cm³/mol. The Morgan fingerprint density at radius 1 is 1.06 bits per heavy atom. The minimum absolute atomic E-state index is 0.00411. The molecule has 11 heteroatoms. The normalized spacial score (nSPS) is 11.1. The number of alkyl halides is 3. The number of carbonyl (C=O) groups excluding carboxylic acids is 2. The molecule has 33 heavy (non-hydrogen) atoms. The lowest BCUT2D eigenvalue weighted by atomic mass is 10.0. The van der Waals surface area contributed by atoms with Gasteiger partial charge in [-0.1, -0.05) is 18.2 Å². The summed E-state index contributed by atoms with van der Waals surface area (Å²) in [5, 5.41) is 5.09. The molecule has 0 radical (unpaired) electrons. The van der Waals surface area contributed by atoms with Gasteiger partial charge in [0.1, 0.15) is 11.6 Å². The van der Waals surface area contributed by atoms with Crippen molar-refractivity contribution >= 4 is 17.6 Å². The number of ether oxygens (including phenoxy) is 1. The molecule has 7 nitrogen and oxygen atoms in total. The summed E-state index contributed by atoms with van der Waals surface area (Å²) in [6.07, 6.45) is -2.02. The van der Waals surface area contributed by atoms with Gasteiger partial charge in [-0.15, -0.1) is 0 Å². The average molecular weight is 462 g/mol. The second-order valence-electron chi connectivity index (χ2n) is 6.87. The Kier molecular flexibility index (Phi) is 7.21. The van der Waals surface area contributed by atoms with Gasteiger partial charge in [0.25, 0.3) is 5.91 Å². The summed E-state index contributed by atoms with van der Waals surface area (Å²) in [6, 6.07) is 9.73. The summed E-state index contributed by atoms with van der Waals surface area (Å²) in [5.41, 5.74) is 0.642. The Morgan fingerprint density at radius 3 is 2.52 bits per heavy atom. The highest BCUT2D eigenvalue weighted by atomic mass is 19.4. The van der Waals surface area contributed by atoms with Gasteiger partial charge in [-0.25, -0.2) is 14.4 Å². The smallest absolute Gasteiger partial charge is 0.422 e. The van der Waals surface area contributed by atoms with Crippen molar-refractivity contribution in [1.29, 1.82) is 0 Å². The van der Waals surface area contributed by atoms with Crippen LogP contribution in [-0.4, -0.2) is 34.6 Å². The van der Waals surface area contributed by atoms with Gasteiger partial charge in [-0.2, -0.15) is 13.2 Å². The molecule has 0 aliphatic carbocycles. The van der Waals surface area contributed by atoms with Crippen LogP contribution in [0, 0.1) is 5.82 Å². The highest BCUT2D eigenvalue weighted by molar-refractivity contribution is 5.96. The summed E-state index contributed by atoms with van der Waals surface area (Å²) >= 11 is 0. The molecule has 2 amide bonds. The molecular formula is C22H18F4N4O3. The molecular weight excluding hydrogens is 444 g/mol. The van der Waals surface area contributed by atoms with E-state index in [0.29, 0.717) is 5.56 Å². The van der Waals surface area contributed by atoms with Crippen molar-refractivity contribution in [2.75, 3.05) is 11.9 Å². The van der Waals surface area contributed by atoms with Gasteiger partial charge in [-0.3, -0.25) is 9.59 Å². The maximum absolute atomic E-state index is 14.3. The number of anilines is 1. The minimum Gasteiger partial charge on any atom is -0.468 e. The van der Waals surface area contributed by atoms with Gasteiger partial charge in [0.15, 0.2) is 6.61 Å². The lowest BCUT2D eigenvalue weighted by Crippen LogP contribution is -2.23. The number of hydrogen-bond acceptors (Lipinski definition) is 5. The van der Waals surface area contributed by atoms with E-state index >= 15 is 0 Å². The fraction of sp³-hybridized carbons (Fsp3) is 0.182. The van der Waals surface area contributed by atoms with Crippen LogP contribution in [-0.2, 0) is 11.3 Å². The summed E-state index contributed by atoms with van der Waals surface area (Å²) in [4.78, 5) is 31.4. The molecule has 3 rings (SSSR count). The van der Waals surface area contributed by atoms with E-state index in [0.717, 1.165) is 6.07 Å². The first-order valence-electron chi connectivity index (χ1n) is 9.57. The third-order valence-electron chi connectivity index (χ3n) is 4.22. The molecule has 0 fully saturated rings. The standard InChI is InChI=1S/C22H18F4N4O3/c1-13(31)30-19-9-15(6-7-27-19)20(32)28-10-14-8-17(16-4-2-3-5-18(16)23)21(29-11-14)33-12-22(24,25)26/h2-9,11H,10,12H2,1H3,(H,28,32)(H,27,30,31). The van der Waals surface area contributed by atoms with Crippen molar-refractivity contribution in [2.24, 2.45) is 0 Å². The van der Waals surface area contributed by atoms with E-state index in [1.807, 2.05) is 0 Å². The maximum Gasteiger partial charge on any atom is 0.422 e. The average Bonchev–Trinajstić information content (AvgIpc) is 2.76. The van der Waals surface area contributed by atoms with Crippen molar-refractivity contribution in [1.82, 2.24) is 15.3 Å². The highest BCUT2D eigenvalue weighted by Gasteiger charge is 2.29. The van der Waals surface area contributed by atoms with Crippen molar-refractivity contribution < 1.29 is 31.9 Å². The topological polar surface area (TPSA) is 93.2 Å². The summed E-state index contributed by atoms with van der Waals surface area (Å²) in [7, 11) is 0. The molecule has 172 valence electrons. The number of rotatable bonds is 7. The van der Waals surface area contributed by atoms with Gasteiger partial charge in [0.2, 0.25) is 11.8 Å². The van der Waals surface area contributed by atoms with E-state index in [2.05, 4.69) is 20.6 Å². The van der Waals surface area contributed by atoms with E-state index in [1.165, 1.54) is 55.7 Å². The zero-order valence-electron chi connectivity index (χ0n) is 17.2. The first kappa shape index (κ1) is 23.6. The molecule has 2 N–H and O–H groups in total. The quantitative estimate of drug-likeness (QED) is 0.516. The van der Waals surface area contributed by atoms with Crippen molar-refractivity contribution in [3.8, 4) is 17.0 Å². The van der Waals surface area contributed by atoms with Gasteiger partial charge in [0, 0.05) is 42.6 Å². The molecule has 2 aromatic heterocycles. The number of carbonyl (C=O) groups is 2. The second-order valence-corrected chi connectivity index (χ2v) is 6.87. The number of hydrogen-bond donors (Lipinski definition) is 2. The maximum atomic E-state index is 14.3. The fourth-order valence-corrected chi connectivity index (χ4v) is 2.83. The highest BCUT2D eigenvalue weighted by Crippen LogP contribution is 2.32. The van der Waals surface area contributed by atoms with Crippen LogP contribution >= 0.6 is 0 Å². The minimum atomic E-state index is -4.60. The number of benzene rings is 1. The van der Waals surface area contributed by atoms with Crippen LogP contribution < -0.4 is 15.4 Å². The van der Waals surface area contributed by atoms with E-state index in [1.54, 1.807) is 0 Å². The van der Waals surface area contributed by atoms with Crippen LogP contribution in [0.2, 0.25) is 0 Å². The molecule has 3 aromatic rings. The third kappa shape index (κ3) is 6.73. The molecule has 2 heterocycles. The van der Waals surface area contributed by atoms with Crippen LogP contribution in [0.25, 0.3) is 11.1 Å². The van der Waals surface area contributed by atoms with Crippen LogP contribution in [0.3, 0.4) is 0 Å². The van der Waals surface area contributed by atoms with E-state index in [-0.39, 0.29) is 40.8 Å². The van der Waals surface area contributed by atoms with Gasteiger partial charge < -0.3 is 15.4 Å². The van der Waals surface area contributed by atoms with Crippen LogP contribution in [0.4, 0.5) is 23.4 Å². The Labute approximate surface area is 185 Å². The first-order chi connectivity index (χ1) is 15.6. The lowest BCUT2D eigenvalue weighted by Gasteiger charge is -2.14. The Bertz CT molecular complexity index is 1170. The number of nitrogens with one attached hydrogen (secondary N) is 2. The second kappa shape index (κ2) is 10.1. The molecule has 0 saturated heterocycles. The van der Waals surface area contributed by atoms with E-state index < -0.39 is 24.5 Å². The zero-order chi connectivity index (χ0) is 24.0. The fourth-order valence-electron chi connectivity index (χ4n) is 2.83. The molecule has 0 aliphatic heterocycles. The lowest BCUT2D eigenvalue weighted by molar-refractivity contribution is -0.154. The van der Waals surface area contributed by atoms with Gasteiger partial charge >= 0.3 is 6.18 Å². The predicted octanol–water partition coefficient (Wildman–Crippen LogP) is 4.11. The van der Waals surface area contributed by atoms with Gasteiger partial charge in [-0.05, 0) is 29.8 Å². The van der Waals surface area contributed by atoms with Crippen LogP contribution in [0.5, 0.6) is 5.88 Å². The number of nitrogens with zero attached hydrogens (tertiary/aromatic N) is 2. The largest absolute Gasteiger partial charge is 0.468 e. The number of aromatic nitrogens is 2. The number of halogens is 4. The molecule has 1 aromatic carbocycles. The number of pyridine rings is 2. The third-order valence-corrected chi connectivity index (χ3v) is 4.22.